The Morgan fingerprint density at radius 1 is 1.17 bits per heavy atom. The molecule has 2 aromatic heterocycles. The van der Waals surface area contributed by atoms with Crippen LogP contribution in [0, 0.1) is 0 Å². The lowest BCUT2D eigenvalue weighted by molar-refractivity contribution is -0.146. The van der Waals surface area contributed by atoms with Crippen LogP contribution in [-0.4, -0.2) is 97.1 Å². The average molecular weight is 408 g/mol. The smallest absolute Gasteiger partial charge is 0.376 e. The first-order valence-electron chi connectivity index (χ1n) is 8.80. The Balaban J connectivity index is 2.11. The third kappa shape index (κ3) is 3.50. The van der Waals surface area contributed by atoms with Crippen molar-refractivity contribution in [3.63, 3.8) is 0 Å². The molecule has 1 fully saturated rings. The monoisotopic (exact) mass is 408 g/mol. The molecule has 29 heavy (non-hydrogen) atoms. The number of amides is 1. The van der Waals surface area contributed by atoms with Gasteiger partial charge in [0.05, 0.1) is 13.4 Å². The molecule has 158 valence electrons. The molecule has 12 heteroatoms. The zero-order valence-corrected chi connectivity index (χ0v) is 17.1. The molecule has 3 rings (SSSR count). The van der Waals surface area contributed by atoms with E-state index >= 15 is 0 Å². The maximum atomic E-state index is 12.6. The molecule has 1 aliphatic rings. The van der Waals surface area contributed by atoms with Crippen molar-refractivity contribution in [3.05, 3.63) is 12.2 Å². The Morgan fingerprint density at radius 2 is 1.86 bits per heavy atom. The van der Waals surface area contributed by atoms with Crippen molar-refractivity contribution in [1.82, 2.24) is 24.4 Å². The number of hydrogen-bond acceptors (Lipinski definition) is 10. The lowest BCUT2D eigenvalue weighted by atomic mass is 10.1. The summed E-state index contributed by atoms with van der Waals surface area (Å²) in [6.45, 7) is 0. The summed E-state index contributed by atoms with van der Waals surface area (Å²) in [6.07, 6.45) is -1.43. The maximum Gasteiger partial charge on any atom is 0.376 e. The Morgan fingerprint density at radius 3 is 2.41 bits per heavy atom. The van der Waals surface area contributed by atoms with Crippen molar-refractivity contribution in [2.24, 2.45) is 0 Å². The summed E-state index contributed by atoms with van der Waals surface area (Å²) in [5, 5.41) is 2.89. The second kappa shape index (κ2) is 8.27. The van der Waals surface area contributed by atoms with Gasteiger partial charge in [-0.3, -0.25) is 9.36 Å². The molecular weight excluding hydrogens is 384 g/mol. The number of nitrogens with one attached hydrogen (secondary N) is 1. The lowest BCUT2D eigenvalue weighted by Gasteiger charge is -2.22. The van der Waals surface area contributed by atoms with Crippen molar-refractivity contribution in [2.75, 3.05) is 47.8 Å². The van der Waals surface area contributed by atoms with E-state index < -0.39 is 30.5 Å². The van der Waals surface area contributed by atoms with Crippen LogP contribution in [0.3, 0.4) is 0 Å². The lowest BCUT2D eigenvalue weighted by Crippen LogP contribution is -2.43. The van der Waals surface area contributed by atoms with Gasteiger partial charge < -0.3 is 29.2 Å². The van der Waals surface area contributed by atoms with Gasteiger partial charge in [-0.05, 0) is 0 Å². The number of imidazole rings is 1. The molecular formula is C17H24N6O6. The van der Waals surface area contributed by atoms with Crippen molar-refractivity contribution in [2.45, 2.75) is 24.5 Å². The Labute approximate surface area is 167 Å². The summed E-state index contributed by atoms with van der Waals surface area (Å²) in [6, 6.07) is 0. The molecule has 3 heterocycles. The van der Waals surface area contributed by atoms with Gasteiger partial charge in [0.15, 0.2) is 29.3 Å². The van der Waals surface area contributed by atoms with Gasteiger partial charge in [0, 0.05) is 35.4 Å². The Kier molecular flexibility index (Phi) is 5.96. The first kappa shape index (κ1) is 20.9. The van der Waals surface area contributed by atoms with Gasteiger partial charge in [-0.15, -0.1) is 0 Å². The summed E-state index contributed by atoms with van der Waals surface area (Å²) in [5.74, 6) is -0.735. The number of nitrogens with zero attached hydrogens (tertiary/aromatic N) is 5. The topological polar surface area (TPSA) is 130 Å². The Bertz CT molecular complexity index is 915. The molecule has 12 nitrogen and oxygen atoms in total. The Hall–Kier alpha value is -2.83. The fraction of sp³-hybridized carbons (Fsp3) is 0.588. The number of hydrogen-bond donors (Lipinski definition) is 1. The molecule has 4 atom stereocenters. The molecule has 0 saturated carbocycles. The molecule has 0 aromatic carbocycles. The molecule has 1 amide bonds. The summed E-state index contributed by atoms with van der Waals surface area (Å²) in [4.78, 5) is 38.8. The fourth-order valence-electron chi connectivity index (χ4n) is 3.28. The van der Waals surface area contributed by atoms with E-state index in [1.807, 2.05) is 0 Å². The highest BCUT2D eigenvalue weighted by atomic mass is 16.6. The number of carbonyl (C=O) groups excluding carboxylic acids is 2. The number of methoxy groups -OCH3 is 3. The van der Waals surface area contributed by atoms with E-state index in [2.05, 4.69) is 20.3 Å². The highest BCUT2D eigenvalue weighted by Crippen LogP contribution is 2.36. The molecule has 3 unspecified atom stereocenters. The van der Waals surface area contributed by atoms with E-state index in [0.717, 1.165) is 0 Å². The quantitative estimate of drug-likeness (QED) is 0.634. The second-order valence-corrected chi connectivity index (χ2v) is 6.54. The normalized spacial score (nSPS) is 23.9. The van der Waals surface area contributed by atoms with Crippen LogP contribution in [0.1, 0.15) is 16.8 Å². The number of carbonyl (C=O) groups is 2. The van der Waals surface area contributed by atoms with E-state index in [9.17, 15) is 9.59 Å². The van der Waals surface area contributed by atoms with E-state index in [1.165, 1.54) is 32.6 Å². The highest BCUT2D eigenvalue weighted by molar-refractivity contribution is 5.91. The number of aromatic nitrogens is 4. The summed E-state index contributed by atoms with van der Waals surface area (Å²) in [5.41, 5.74) is 0.750. The van der Waals surface area contributed by atoms with Crippen molar-refractivity contribution >= 4 is 28.9 Å². The van der Waals surface area contributed by atoms with E-state index in [-0.39, 0.29) is 11.7 Å². The minimum atomic E-state index is -0.881. The zero-order chi connectivity index (χ0) is 21.3. The molecule has 2 aromatic rings. The number of rotatable bonds is 6. The molecule has 0 radical (unpaired) electrons. The number of esters is 1. The largest absolute Gasteiger partial charge is 0.463 e. The van der Waals surface area contributed by atoms with Crippen molar-refractivity contribution in [1.29, 1.82) is 0 Å². The third-order valence-corrected chi connectivity index (χ3v) is 4.72. The van der Waals surface area contributed by atoms with Crippen LogP contribution >= 0.6 is 0 Å². The molecule has 1 aliphatic heterocycles. The van der Waals surface area contributed by atoms with Gasteiger partial charge in [-0.1, -0.05) is 0 Å². The van der Waals surface area contributed by atoms with Crippen molar-refractivity contribution < 1.29 is 28.5 Å². The van der Waals surface area contributed by atoms with Gasteiger partial charge in [-0.25, -0.2) is 19.7 Å². The number of ether oxygens (including phenoxy) is 4. The second-order valence-electron chi connectivity index (χ2n) is 6.54. The first-order valence-corrected chi connectivity index (χ1v) is 8.80. The predicted molar refractivity (Wildman–Crippen MR) is 100 cm³/mol. The third-order valence-electron chi connectivity index (χ3n) is 4.72. The molecule has 1 saturated heterocycles. The van der Waals surface area contributed by atoms with Crippen LogP contribution in [0.25, 0.3) is 11.2 Å². The maximum absolute atomic E-state index is 12.6. The highest BCUT2D eigenvalue weighted by Gasteiger charge is 2.50. The van der Waals surface area contributed by atoms with Crippen LogP contribution < -0.4 is 5.32 Å². The van der Waals surface area contributed by atoms with Gasteiger partial charge >= 0.3 is 5.97 Å². The minimum Gasteiger partial charge on any atom is -0.463 e. The van der Waals surface area contributed by atoms with Crippen LogP contribution in [0.2, 0.25) is 0 Å². The van der Waals surface area contributed by atoms with Crippen LogP contribution in [0.4, 0.5) is 5.82 Å². The van der Waals surface area contributed by atoms with Gasteiger partial charge in [0.1, 0.15) is 12.2 Å². The summed E-state index contributed by atoms with van der Waals surface area (Å²) in [7, 11) is 9.15. The van der Waals surface area contributed by atoms with Gasteiger partial charge in [0.25, 0.3) is 5.91 Å². The van der Waals surface area contributed by atoms with Crippen LogP contribution in [-0.2, 0) is 23.7 Å². The first-order chi connectivity index (χ1) is 13.9. The SMILES string of the molecule is CNc1nc(C(=O)OC)nc2c1ncn2C1O[C@H](C(=O)N(C)C)C(OC)C1OC. The van der Waals surface area contributed by atoms with Gasteiger partial charge in [-0.2, -0.15) is 0 Å². The fourth-order valence-corrected chi connectivity index (χ4v) is 3.28. The van der Waals surface area contributed by atoms with E-state index in [4.69, 9.17) is 18.9 Å². The van der Waals surface area contributed by atoms with E-state index in [0.29, 0.717) is 17.0 Å². The van der Waals surface area contributed by atoms with Crippen molar-refractivity contribution in [3.8, 4) is 0 Å². The summed E-state index contributed by atoms with van der Waals surface area (Å²) < 4.78 is 23.5. The number of likely N-dealkylation sites (N-methyl/N-ethyl adjacent to an activating group) is 1. The number of anilines is 1. The zero-order valence-electron chi connectivity index (χ0n) is 17.1. The molecule has 0 aliphatic carbocycles. The average Bonchev–Trinajstić information content (AvgIpc) is 3.31. The molecule has 1 N–H and O–H groups in total. The van der Waals surface area contributed by atoms with Crippen LogP contribution in [0.15, 0.2) is 6.33 Å². The standard InChI is InChI=1S/C17H24N6O6/c1-18-12-8-14(21-13(20-12)17(25)28-6)23(7-19-8)16-11(27-5)9(26-4)10(29-16)15(24)22(2)3/h7,9-11,16H,1-6H3,(H,18,20,21)/t9?,10-,11?,16?/m0/s1. The van der Waals surface area contributed by atoms with E-state index in [1.54, 1.807) is 25.7 Å². The predicted octanol–water partition coefficient (Wildman–Crippen LogP) is -0.330. The summed E-state index contributed by atoms with van der Waals surface area (Å²) >= 11 is 0. The van der Waals surface area contributed by atoms with Gasteiger partial charge in [0.2, 0.25) is 5.82 Å². The molecule has 0 bridgehead atoms. The molecule has 0 spiro atoms. The number of fused-ring (bicyclic) bond motifs is 1. The minimum absolute atomic E-state index is 0.137. The van der Waals surface area contributed by atoms with Crippen LogP contribution in [0.5, 0.6) is 0 Å².